The molecule has 1 aromatic heterocycles. The zero-order chi connectivity index (χ0) is 10.2. The molecule has 1 fully saturated rings. The molecule has 1 heterocycles. The van der Waals surface area contributed by atoms with Crippen LogP contribution in [-0.2, 0) is 5.60 Å². The number of aliphatic hydroxyl groups is 1. The summed E-state index contributed by atoms with van der Waals surface area (Å²) < 4.78 is 0. The number of H-pyrrole nitrogens is 1. The summed E-state index contributed by atoms with van der Waals surface area (Å²) in [7, 11) is 0. The fraction of sp³-hybridized carbons (Fsp3) is 0.727. The number of hydrogen-bond acceptors (Lipinski definition) is 2. The minimum absolute atomic E-state index is 0.638. The van der Waals surface area contributed by atoms with Gasteiger partial charge >= 0.3 is 0 Å². The van der Waals surface area contributed by atoms with Crippen molar-refractivity contribution in [2.45, 2.75) is 51.0 Å². The van der Waals surface area contributed by atoms with E-state index in [0.29, 0.717) is 11.7 Å². The smallest absolute Gasteiger partial charge is 0.137 e. The quantitative estimate of drug-likeness (QED) is 0.759. The van der Waals surface area contributed by atoms with Gasteiger partial charge in [0.2, 0.25) is 0 Å². The Morgan fingerprint density at radius 3 is 2.57 bits per heavy atom. The second-order valence-electron chi connectivity index (χ2n) is 4.73. The summed E-state index contributed by atoms with van der Waals surface area (Å²) in [6.45, 7) is 3.51. The first-order chi connectivity index (χ1) is 6.57. The highest BCUT2D eigenvalue weighted by Crippen LogP contribution is 2.33. The van der Waals surface area contributed by atoms with Gasteiger partial charge in [-0.15, -0.1) is 0 Å². The van der Waals surface area contributed by atoms with Crippen molar-refractivity contribution in [2.75, 3.05) is 0 Å². The van der Waals surface area contributed by atoms with Gasteiger partial charge in [-0.3, -0.25) is 0 Å². The summed E-state index contributed by atoms with van der Waals surface area (Å²) in [5, 5.41) is 9.75. The van der Waals surface area contributed by atoms with Crippen LogP contribution < -0.4 is 0 Å². The number of rotatable bonds is 2. The zero-order valence-electron chi connectivity index (χ0n) is 8.88. The van der Waals surface area contributed by atoms with Crippen LogP contribution in [0.25, 0.3) is 0 Å². The largest absolute Gasteiger partial charge is 0.383 e. The highest BCUT2D eigenvalue weighted by Gasteiger charge is 2.23. The van der Waals surface area contributed by atoms with Crippen LogP contribution in [0.15, 0.2) is 6.20 Å². The SMILES string of the molecule is CC(C)(O)c1ncc(C2CCCC2)[nH]1. The maximum atomic E-state index is 9.75. The number of imidazole rings is 1. The summed E-state index contributed by atoms with van der Waals surface area (Å²) in [5.74, 6) is 1.32. The van der Waals surface area contributed by atoms with E-state index in [-0.39, 0.29) is 0 Å². The third-order valence-corrected chi connectivity index (χ3v) is 2.97. The molecule has 78 valence electrons. The Morgan fingerprint density at radius 2 is 2.07 bits per heavy atom. The zero-order valence-corrected chi connectivity index (χ0v) is 8.88. The Hall–Kier alpha value is -0.830. The van der Waals surface area contributed by atoms with E-state index in [0.717, 1.165) is 0 Å². The molecule has 0 saturated heterocycles. The molecule has 0 aromatic carbocycles. The van der Waals surface area contributed by atoms with Crippen molar-refractivity contribution in [3.63, 3.8) is 0 Å². The number of aromatic amines is 1. The molecule has 2 N–H and O–H groups in total. The minimum Gasteiger partial charge on any atom is -0.383 e. The Balaban J connectivity index is 2.17. The van der Waals surface area contributed by atoms with Crippen LogP contribution in [0, 0.1) is 0 Å². The normalized spacial score (nSPS) is 19.1. The molecule has 0 amide bonds. The maximum absolute atomic E-state index is 9.75. The van der Waals surface area contributed by atoms with Gasteiger partial charge in [-0.25, -0.2) is 4.98 Å². The van der Waals surface area contributed by atoms with E-state index in [2.05, 4.69) is 9.97 Å². The van der Waals surface area contributed by atoms with Crippen LogP contribution in [0.1, 0.15) is 57.0 Å². The van der Waals surface area contributed by atoms with Gasteiger partial charge in [-0.05, 0) is 26.7 Å². The van der Waals surface area contributed by atoms with Crippen molar-refractivity contribution in [3.05, 3.63) is 17.7 Å². The van der Waals surface area contributed by atoms with Crippen LogP contribution in [0.2, 0.25) is 0 Å². The molecule has 3 nitrogen and oxygen atoms in total. The topological polar surface area (TPSA) is 48.9 Å². The van der Waals surface area contributed by atoms with Crippen LogP contribution in [0.3, 0.4) is 0 Å². The van der Waals surface area contributed by atoms with Crippen molar-refractivity contribution in [3.8, 4) is 0 Å². The molecule has 1 aliphatic rings. The monoisotopic (exact) mass is 194 g/mol. The number of aromatic nitrogens is 2. The second-order valence-corrected chi connectivity index (χ2v) is 4.73. The van der Waals surface area contributed by atoms with Crippen LogP contribution in [-0.4, -0.2) is 15.1 Å². The lowest BCUT2D eigenvalue weighted by Gasteiger charge is -2.13. The summed E-state index contributed by atoms with van der Waals surface area (Å²) in [6, 6.07) is 0. The van der Waals surface area contributed by atoms with E-state index < -0.39 is 5.60 Å². The average Bonchev–Trinajstić information content (AvgIpc) is 2.73. The Bertz CT molecular complexity index is 305. The summed E-state index contributed by atoms with van der Waals surface area (Å²) >= 11 is 0. The molecule has 1 saturated carbocycles. The molecule has 0 bridgehead atoms. The van der Waals surface area contributed by atoms with Gasteiger partial charge < -0.3 is 10.1 Å². The molecule has 1 aromatic rings. The summed E-state index contributed by atoms with van der Waals surface area (Å²) in [4.78, 5) is 7.46. The molecule has 2 rings (SSSR count). The molecular formula is C11H18N2O. The average molecular weight is 194 g/mol. The van der Waals surface area contributed by atoms with Crippen molar-refractivity contribution < 1.29 is 5.11 Å². The molecule has 3 heteroatoms. The van der Waals surface area contributed by atoms with Gasteiger partial charge in [0, 0.05) is 17.8 Å². The Kier molecular flexibility index (Phi) is 2.35. The number of hydrogen-bond donors (Lipinski definition) is 2. The fourth-order valence-electron chi connectivity index (χ4n) is 2.09. The van der Waals surface area contributed by atoms with Gasteiger partial charge in [0.15, 0.2) is 0 Å². The Morgan fingerprint density at radius 1 is 1.43 bits per heavy atom. The first kappa shape index (κ1) is 9.71. The van der Waals surface area contributed by atoms with Gasteiger partial charge in [-0.1, -0.05) is 12.8 Å². The lowest BCUT2D eigenvalue weighted by molar-refractivity contribution is 0.0695. The predicted octanol–water partition coefficient (Wildman–Crippen LogP) is 2.29. The van der Waals surface area contributed by atoms with Gasteiger partial charge in [0.05, 0.1) is 0 Å². The molecule has 14 heavy (non-hydrogen) atoms. The van der Waals surface area contributed by atoms with Crippen LogP contribution >= 0.6 is 0 Å². The lowest BCUT2D eigenvalue weighted by atomic mass is 10.1. The highest BCUT2D eigenvalue weighted by atomic mass is 16.3. The van der Waals surface area contributed by atoms with E-state index in [1.807, 2.05) is 6.20 Å². The van der Waals surface area contributed by atoms with E-state index in [4.69, 9.17) is 0 Å². The van der Waals surface area contributed by atoms with Gasteiger partial charge in [-0.2, -0.15) is 0 Å². The molecule has 0 unspecified atom stereocenters. The third-order valence-electron chi connectivity index (χ3n) is 2.97. The molecule has 1 aliphatic carbocycles. The predicted molar refractivity (Wildman–Crippen MR) is 55.0 cm³/mol. The van der Waals surface area contributed by atoms with E-state index >= 15 is 0 Å². The number of nitrogens with one attached hydrogen (secondary N) is 1. The first-order valence-electron chi connectivity index (χ1n) is 5.35. The Labute approximate surface area is 84.6 Å². The maximum Gasteiger partial charge on any atom is 0.137 e. The van der Waals surface area contributed by atoms with Crippen molar-refractivity contribution in [1.82, 2.24) is 9.97 Å². The molecule has 0 aliphatic heterocycles. The lowest BCUT2D eigenvalue weighted by Crippen LogP contribution is -2.17. The molecule has 0 atom stereocenters. The van der Waals surface area contributed by atoms with Crippen LogP contribution in [0.4, 0.5) is 0 Å². The van der Waals surface area contributed by atoms with Gasteiger partial charge in [0.1, 0.15) is 11.4 Å². The summed E-state index contributed by atoms with van der Waals surface area (Å²) in [5.41, 5.74) is 0.344. The van der Waals surface area contributed by atoms with Crippen molar-refractivity contribution >= 4 is 0 Å². The van der Waals surface area contributed by atoms with Crippen LogP contribution in [0.5, 0.6) is 0 Å². The highest BCUT2D eigenvalue weighted by molar-refractivity contribution is 5.12. The molecule has 0 spiro atoms. The van der Waals surface area contributed by atoms with E-state index in [1.165, 1.54) is 31.4 Å². The fourth-order valence-corrected chi connectivity index (χ4v) is 2.09. The molecule has 0 radical (unpaired) electrons. The first-order valence-corrected chi connectivity index (χ1v) is 5.35. The second kappa shape index (κ2) is 3.39. The van der Waals surface area contributed by atoms with E-state index in [9.17, 15) is 5.11 Å². The third kappa shape index (κ3) is 1.82. The van der Waals surface area contributed by atoms with Crippen molar-refractivity contribution in [2.24, 2.45) is 0 Å². The van der Waals surface area contributed by atoms with Gasteiger partial charge in [0.25, 0.3) is 0 Å². The van der Waals surface area contributed by atoms with E-state index in [1.54, 1.807) is 13.8 Å². The molecular weight excluding hydrogens is 176 g/mol. The minimum atomic E-state index is -0.850. The van der Waals surface area contributed by atoms with Crippen molar-refractivity contribution in [1.29, 1.82) is 0 Å². The standard InChI is InChI=1S/C11H18N2O/c1-11(2,14)10-12-7-9(13-10)8-5-3-4-6-8/h7-8,14H,3-6H2,1-2H3,(H,12,13). The summed E-state index contributed by atoms with van der Waals surface area (Å²) in [6.07, 6.45) is 7.04. The number of nitrogens with zero attached hydrogens (tertiary/aromatic N) is 1.